The van der Waals surface area contributed by atoms with Crippen molar-refractivity contribution in [1.29, 1.82) is 0 Å². The number of ketones is 1. The van der Waals surface area contributed by atoms with E-state index in [0.29, 0.717) is 24.8 Å². The van der Waals surface area contributed by atoms with Gasteiger partial charge in [0.15, 0.2) is 5.78 Å². The van der Waals surface area contributed by atoms with Crippen LogP contribution in [0.4, 0.5) is 0 Å². The highest BCUT2D eigenvalue weighted by atomic mass is 16.4. The first-order chi connectivity index (χ1) is 7.68. The van der Waals surface area contributed by atoms with Gasteiger partial charge >= 0.3 is 5.97 Å². The zero-order valence-electron chi connectivity index (χ0n) is 8.93. The number of carbonyl (C=O) groups is 2. The van der Waals surface area contributed by atoms with Gasteiger partial charge in [-0.05, 0) is 19.3 Å². The van der Waals surface area contributed by atoms with Gasteiger partial charge in [0.25, 0.3) is 0 Å². The number of carboxylic acids is 1. The molecule has 0 saturated heterocycles. The Kier molecular flexibility index (Phi) is 3.04. The first-order valence-electron chi connectivity index (χ1n) is 5.50. The van der Waals surface area contributed by atoms with Crippen molar-refractivity contribution in [3.8, 4) is 0 Å². The minimum absolute atomic E-state index is 0.0874. The average molecular weight is 218 g/mol. The molecule has 1 saturated carbocycles. The quantitative estimate of drug-likeness (QED) is 0.792. The van der Waals surface area contributed by atoms with Crippen molar-refractivity contribution in [2.24, 2.45) is 11.8 Å². The molecule has 2 rings (SSSR count). The fourth-order valence-electron chi connectivity index (χ4n) is 2.28. The van der Waals surface area contributed by atoms with Crippen molar-refractivity contribution >= 4 is 11.8 Å². The smallest absolute Gasteiger partial charge is 0.306 e. The molecule has 2 unspecified atom stereocenters. The Hall–Kier alpha value is -1.64. The van der Waals surface area contributed by atoms with Crippen molar-refractivity contribution in [2.75, 3.05) is 0 Å². The minimum Gasteiger partial charge on any atom is -0.481 e. The third-order valence-corrected chi connectivity index (χ3v) is 3.21. The maximum absolute atomic E-state index is 12.0. The van der Waals surface area contributed by atoms with Crippen molar-refractivity contribution in [2.45, 2.75) is 19.3 Å². The summed E-state index contributed by atoms with van der Waals surface area (Å²) in [7, 11) is 0. The van der Waals surface area contributed by atoms with E-state index in [9.17, 15) is 9.59 Å². The molecule has 1 N–H and O–H groups in total. The van der Waals surface area contributed by atoms with E-state index in [0.717, 1.165) is 0 Å². The summed E-state index contributed by atoms with van der Waals surface area (Å²) in [5, 5.41) is 8.87. The van der Waals surface area contributed by atoms with Crippen LogP contribution in [-0.4, -0.2) is 16.9 Å². The Morgan fingerprint density at radius 1 is 1.06 bits per heavy atom. The normalized spacial score (nSPS) is 24.2. The molecule has 0 aliphatic heterocycles. The van der Waals surface area contributed by atoms with E-state index >= 15 is 0 Å². The van der Waals surface area contributed by atoms with E-state index < -0.39 is 5.97 Å². The number of benzene rings is 1. The van der Waals surface area contributed by atoms with Crippen LogP contribution in [0.1, 0.15) is 29.6 Å². The third-order valence-electron chi connectivity index (χ3n) is 3.21. The first kappa shape index (κ1) is 10.9. The maximum atomic E-state index is 12.0. The summed E-state index contributed by atoms with van der Waals surface area (Å²) in [6.45, 7) is 0. The Balaban J connectivity index is 2.05. The van der Waals surface area contributed by atoms with Gasteiger partial charge in [-0.1, -0.05) is 30.3 Å². The second kappa shape index (κ2) is 4.47. The third kappa shape index (κ3) is 2.13. The first-order valence-corrected chi connectivity index (χ1v) is 5.50. The molecule has 84 valence electrons. The van der Waals surface area contributed by atoms with Crippen LogP contribution in [0.15, 0.2) is 30.3 Å². The highest BCUT2D eigenvalue weighted by Gasteiger charge is 2.33. The van der Waals surface area contributed by atoms with Gasteiger partial charge in [-0.3, -0.25) is 9.59 Å². The standard InChI is InChI=1S/C13H14O3/c14-12(9-4-2-1-3-5-9)10-6-7-11(8-10)13(15)16/h1-5,10-11H,6-8H2,(H,15,16). The summed E-state index contributed by atoms with van der Waals surface area (Å²) in [5.74, 6) is -1.13. The van der Waals surface area contributed by atoms with E-state index in [1.54, 1.807) is 12.1 Å². The fourth-order valence-corrected chi connectivity index (χ4v) is 2.28. The molecular weight excluding hydrogens is 204 g/mol. The van der Waals surface area contributed by atoms with Crippen LogP contribution >= 0.6 is 0 Å². The van der Waals surface area contributed by atoms with Gasteiger partial charge in [-0.15, -0.1) is 0 Å². The molecule has 1 aliphatic carbocycles. The van der Waals surface area contributed by atoms with E-state index in [1.165, 1.54) is 0 Å². The molecule has 0 aromatic heterocycles. The van der Waals surface area contributed by atoms with Crippen LogP contribution in [0.3, 0.4) is 0 Å². The van der Waals surface area contributed by atoms with Crippen molar-refractivity contribution < 1.29 is 14.7 Å². The maximum Gasteiger partial charge on any atom is 0.306 e. The van der Waals surface area contributed by atoms with Crippen LogP contribution in [0.25, 0.3) is 0 Å². The summed E-state index contributed by atoms with van der Waals surface area (Å²) in [6.07, 6.45) is 1.81. The van der Waals surface area contributed by atoms with E-state index in [2.05, 4.69) is 0 Å². The number of hydrogen-bond acceptors (Lipinski definition) is 2. The minimum atomic E-state index is -0.775. The SMILES string of the molecule is O=C(O)C1CCC(C(=O)c2ccccc2)C1. The van der Waals surface area contributed by atoms with Crippen LogP contribution in [-0.2, 0) is 4.79 Å². The molecule has 0 bridgehead atoms. The van der Waals surface area contributed by atoms with Gasteiger partial charge in [0, 0.05) is 11.5 Å². The molecule has 1 fully saturated rings. The Bertz CT molecular complexity index is 397. The van der Waals surface area contributed by atoms with Crippen LogP contribution in [0, 0.1) is 11.8 Å². The lowest BCUT2D eigenvalue weighted by Crippen LogP contribution is -2.14. The Labute approximate surface area is 94.1 Å². The fraction of sp³-hybridized carbons (Fsp3) is 0.385. The summed E-state index contributed by atoms with van der Waals surface area (Å²) >= 11 is 0. The van der Waals surface area contributed by atoms with Gasteiger partial charge in [0.1, 0.15) is 0 Å². The highest BCUT2D eigenvalue weighted by Crippen LogP contribution is 2.33. The second-order valence-electron chi connectivity index (χ2n) is 4.28. The van der Waals surface area contributed by atoms with Crippen LogP contribution in [0.5, 0.6) is 0 Å². The van der Waals surface area contributed by atoms with E-state index in [-0.39, 0.29) is 17.6 Å². The summed E-state index contributed by atoms with van der Waals surface area (Å²) in [5.41, 5.74) is 0.693. The van der Waals surface area contributed by atoms with Gasteiger partial charge in [0.2, 0.25) is 0 Å². The van der Waals surface area contributed by atoms with Gasteiger partial charge in [-0.2, -0.15) is 0 Å². The lowest BCUT2D eigenvalue weighted by Gasteiger charge is -2.08. The zero-order valence-corrected chi connectivity index (χ0v) is 8.93. The summed E-state index contributed by atoms with van der Waals surface area (Å²) < 4.78 is 0. The Morgan fingerprint density at radius 2 is 1.69 bits per heavy atom. The molecule has 3 nitrogen and oxygen atoms in total. The molecule has 3 heteroatoms. The number of rotatable bonds is 3. The van der Waals surface area contributed by atoms with Crippen molar-refractivity contribution in [3.05, 3.63) is 35.9 Å². The number of Topliss-reactive ketones (excluding diaryl/α,β-unsaturated/α-hetero) is 1. The largest absolute Gasteiger partial charge is 0.481 e. The number of hydrogen-bond donors (Lipinski definition) is 1. The number of carbonyl (C=O) groups excluding carboxylic acids is 1. The highest BCUT2D eigenvalue weighted by molar-refractivity contribution is 5.98. The summed E-state index contributed by atoms with van der Waals surface area (Å²) in [4.78, 5) is 22.8. The lowest BCUT2D eigenvalue weighted by molar-refractivity contribution is -0.141. The molecule has 0 heterocycles. The number of carboxylic acid groups (broad SMARTS) is 1. The predicted octanol–water partition coefficient (Wildman–Crippen LogP) is 2.37. The molecule has 16 heavy (non-hydrogen) atoms. The monoisotopic (exact) mass is 218 g/mol. The van der Waals surface area contributed by atoms with Gasteiger partial charge in [-0.25, -0.2) is 0 Å². The molecule has 1 aromatic rings. The molecule has 1 aromatic carbocycles. The van der Waals surface area contributed by atoms with Gasteiger partial charge in [0.05, 0.1) is 5.92 Å². The van der Waals surface area contributed by atoms with Crippen molar-refractivity contribution in [3.63, 3.8) is 0 Å². The topological polar surface area (TPSA) is 54.4 Å². The molecule has 2 atom stereocenters. The lowest BCUT2D eigenvalue weighted by atomic mass is 9.95. The molecule has 0 spiro atoms. The number of aliphatic carboxylic acids is 1. The molecule has 1 aliphatic rings. The van der Waals surface area contributed by atoms with E-state index in [1.807, 2.05) is 18.2 Å². The van der Waals surface area contributed by atoms with Gasteiger partial charge < -0.3 is 5.11 Å². The average Bonchev–Trinajstić information content (AvgIpc) is 2.78. The molecular formula is C13H14O3. The molecule has 0 amide bonds. The predicted molar refractivity (Wildman–Crippen MR) is 59.2 cm³/mol. The Morgan fingerprint density at radius 3 is 2.25 bits per heavy atom. The second-order valence-corrected chi connectivity index (χ2v) is 4.28. The van der Waals surface area contributed by atoms with Crippen LogP contribution < -0.4 is 0 Å². The molecule has 0 radical (unpaired) electrons. The van der Waals surface area contributed by atoms with E-state index in [4.69, 9.17) is 5.11 Å². The summed E-state index contributed by atoms with van der Waals surface area (Å²) in [6, 6.07) is 9.10. The van der Waals surface area contributed by atoms with Crippen LogP contribution in [0.2, 0.25) is 0 Å². The van der Waals surface area contributed by atoms with Crippen molar-refractivity contribution in [1.82, 2.24) is 0 Å². The zero-order chi connectivity index (χ0) is 11.5.